The van der Waals surface area contributed by atoms with Crippen molar-refractivity contribution in [1.82, 2.24) is 5.32 Å². The Morgan fingerprint density at radius 2 is 2.25 bits per heavy atom. The van der Waals surface area contributed by atoms with Gasteiger partial charge in [0.2, 0.25) is 5.91 Å². The molecule has 5 nitrogen and oxygen atoms in total. The van der Waals surface area contributed by atoms with E-state index in [0.29, 0.717) is 26.3 Å². The number of hydrogen-bond acceptors (Lipinski definition) is 4. The van der Waals surface area contributed by atoms with Gasteiger partial charge in [-0.3, -0.25) is 4.79 Å². The molecule has 1 aliphatic carbocycles. The van der Waals surface area contributed by atoms with Crippen molar-refractivity contribution >= 4 is 5.91 Å². The summed E-state index contributed by atoms with van der Waals surface area (Å²) in [5.41, 5.74) is 4.99. The van der Waals surface area contributed by atoms with Crippen molar-refractivity contribution in [3.05, 3.63) is 0 Å². The van der Waals surface area contributed by atoms with Gasteiger partial charge < -0.3 is 20.5 Å². The van der Waals surface area contributed by atoms with Gasteiger partial charge in [0.25, 0.3) is 0 Å². The van der Waals surface area contributed by atoms with Gasteiger partial charge >= 0.3 is 0 Å². The summed E-state index contributed by atoms with van der Waals surface area (Å²) in [6.07, 6.45) is 2.65. The lowest BCUT2D eigenvalue weighted by molar-refractivity contribution is -0.127. The van der Waals surface area contributed by atoms with Gasteiger partial charge in [-0.15, -0.1) is 0 Å². The summed E-state index contributed by atoms with van der Waals surface area (Å²) < 4.78 is 10.8. The zero-order valence-corrected chi connectivity index (χ0v) is 9.75. The molecule has 1 saturated carbocycles. The Balaban J connectivity index is 1.84. The van der Waals surface area contributed by atoms with Crippen molar-refractivity contribution in [3.8, 4) is 0 Å². The molecule has 2 aliphatic rings. The van der Waals surface area contributed by atoms with E-state index in [2.05, 4.69) is 5.32 Å². The van der Waals surface area contributed by atoms with Crippen molar-refractivity contribution < 1.29 is 14.3 Å². The molecule has 1 atom stereocenters. The molecule has 0 aromatic rings. The fraction of sp³-hybridized carbons (Fsp3) is 0.909. The normalized spacial score (nSPS) is 31.4. The number of methoxy groups -OCH3 is 1. The van der Waals surface area contributed by atoms with Gasteiger partial charge in [-0.1, -0.05) is 0 Å². The highest BCUT2D eigenvalue weighted by Gasteiger charge is 2.49. The minimum atomic E-state index is -0.333. The van der Waals surface area contributed by atoms with Crippen LogP contribution in [0.5, 0.6) is 0 Å². The van der Waals surface area contributed by atoms with Gasteiger partial charge in [0.1, 0.15) is 5.60 Å². The number of carbonyl (C=O) groups is 1. The Morgan fingerprint density at radius 3 is 2.69 bits per heavy atom. The third-order valence-electron chi connectivity index (χ3n) is 3.80. The molecule has 2 fully saturated rings. The Bertz CT molecular complexity index is 270. The average molecular weight is 228 g/mol. The first-order chi connectivity index (χ1) is 7.66. The van der Waals surface area contributed by atoms with Crippen molar-refractivity contribution in [2.45, 2.75) is 24.9 Å². The fourth-order valence-electron chi connectivity index (χ4n) is 2.06. The van der Waals surface area contributed by atoms with E-state index in [0.717, 1.165) is 19.3 Å². The number of ether oxygens (including phenoxy) is 2. The van der Waals surface area contributed by atoms with Crippen LogP contribution in [0.4, 0.5) is 0 Å². The quantitative estimate of drug-likeness (QED) is 0.674. The summed E-state index contributed by atoms with van der Waals surface area (Å²) in [7, 11) is 1.66. The predicted octanol–water partition coefficient (Wildman–Crippen LogP) is -0.353. The molecule has 16 heavy (non-hydrogen) atoms. The second-order valence-corrected chi connectivity index (χ2v) is 4.86. The van der Waals surface area contributed by atoms with Crippen molar-refractivity contribution in [3.63, 3.8) is 0 Å². The first-order valence-electron chi connectivity index (χ1n) is 5.78. The number of nitrogens with two attached hydrogens (primary N) is 1. The second kappa shape index (κ2) is 4.31. The van der Waals surface area contributed by atoms with E-state index >= 15 is 0 Å². The van der Waals surface area contributed by atoms with Crippen LogP contribution >= 0.6 is 0 Å². The first-order valence-corrected chi connectivity index (χ1v) is 5.78. The highest BCUT2D eigenvalue weighted by Crippen LogP contribution is 2.44. The Labute approximate surface area is 95.7 Å². The number of rotatable bonds is 5. The van der Waals surface area contributed by atoms with E-state index in [9.17, 15) is 4.79 Å². The van der Waals surface area contributed by atoms with E-state index < -0.39 is 0 Å². The SMILES string of the molecule is COC1(CNC(=O)C2(CN)CC2)CCOC1. The molecule has 3 N–H and O–H groups in total. The first kappa shape index (κ1) is 11.8. The van der Waals surface area contributed by atoms with Crippen LogP contribution in [0.25, 0.3) is 0 Å². The molecule has 0 spiro atoms. The highest BCUT2D eigenvalue weighted by atomic mass is 16.5. The standard InChI is InChI=1S/C11H20N2O3/c1-15-11(4-5-16-8-11)7-13-9(14)10(6-12)2-3-10/h2-8,12H2,1H3,(H,13,14). The maximum Gasteiger partial charge on any atom is 0.227 e. The lowest BCUT2D eigenvalue weighted by Crippen LogP contribution is -2.48. The fourth-order valence-corrected chi connectivity index (χ4v) is 2.06. The molecule has 0 aromatic heterocycles. The molecule has 1 unspecified atom stereocenters. The van der Waals surface area contributed by atoms with Gasteiger partial charge in [-0.2, -0.15) is 0 Å². The van der Waals surface area contributed by atoms with Crippen LogP contribution in [0.3, 0.4) is 0 Å². The zero-order chi connectivity index (χ0) is 11.6. The van der Waals surface area contributed by atoms with Gasteiger partial charge in [-0.25, -0.2) is 0 Å². The van der Waals surface area contributed by atoms with Gasteiger partial charge in [0, 0.05) is 33.2 Å². The Kier molecular flexibility index (Phi) is 3.19. The molecule has 5 heteroatoms. The summed E-state index contributed by atoms with van der Waals surface area (Å²) >= 11 is 0. The summed E-state index contributed by atoms with van der Waals surface area (Å²) in [6, 6.07) is 0. The highest BCUT2D eigenvalue weighted by molar-refractivity contribution is 5.85. The molecular weight excluding hydrogens is 208 g/mol. The summed E-state index contributed by atoms with van der Waals surface area (Å²) in [5.74, 6) is 0.0679. The molecule has 92 valence electrons. The summed E-state index contributed by atoms with van der Waals surface area (Å²) in [4.78, 5) is 11.9. The van der Waals surface area contributed by atoms with E-state index in [-0.39, 0.29) is 16.9 Å². The monoisotopic (exact) mass is 228 g/mol. The third kappa shape index (κ3) is 2.07. The van der Waals surface area contributed by atoms with E-state index in [1.165, 1.54) is 0 Å². The minimum Gasteiger partial charge on any atom is -0.378 e. The van der Waals surface area contributed by atoms with E-state index in [1.54, 1.807) is 7.11 Å². The Hall–Kier alpha value is -0.650. The van der Waals surface area contributed by atoms with E-state index in [4.69, 9.17) is 15.2 Å². The van der Waals surface area contributed by atoms with Gasteiger partial charge in [0.05, 0.1) is 12.0 Å². The van der Waals surface area contributed by atoms with E-state index in [1.807, 2.05) is 0 Å². The number of amides is 1. The maximum absolute atomic E-state index is 11.9. The smallest absolute Gasteiger partial charge is 0.227 e. The van der Waals surface area contributed by atoms with Gasteiger partial charge in [-0.05, 0) is 12.8 Å². The van der Waals surface area contributed by atoms with Crippen molar-refractivity contribution in [2.75, 3.05) is 33.4 Å². The third-order valence-corrected chi connectivity index (χ3v) is 3.80. The predicted molar refractivity (Wildman–Crippen MR) is 58.9 cm³/mol. The molecule has 0 aromatic carbocycles. The van der Waals surface area contributed by atoms with Crippen LogP contribution < -0.4 is 11.1 Å². The summed E-state index contributed by atoms with van der Waals surface area (Å²) in [6.45, 7) is 2.21. The molecule has 1 amide bonds. The molecule has 2 rings (SSSR count). The molecule has 0 bridgehead atoms. The number of hydrogen-bond donors (Lipinski definition) is 2. The van der Waals surface area contributed by atoms with Crippen LogP contribution in [0.15, 0.2) is 0 Å². The van der Waals surface area contributed by atoms with Crippen LogP contribution in [0, 0.1) is 5.41 Å². The van der Waals surface area contributed by atoms with Crippen molar-refractivity contribution in [2.24, 2.45) is 11.1 Å². The average Bonchev–Trinajstić information content (AvgIpc) is 2.99. The van der Waals surface area contributed by atoms with Crippen LogP contribution in [0.1, 0.15) is 19.3 Å². The summed E-state index contributed by atoms with van der Waals surface area (Å²) in [5, 5.41) is 2.95. The molecule has 1 saturated heterocycles. The molecule has 0 radical (unpaired) electrons. The number of carbonyl (C=O) groups excluding carboxylic acids is 1. The van der Waals surface area contributed by atoms with Crippen LogP contribution in [0.2, 0.25) is 0 Å². The lowest BCUT2D eigenvalue weighted by atomic mass is 10.0. The maximum atomic E-state index is 11.9. The second-order valence-electron chi connectivity index (χ2n) is 4.86. The molecular formula is C11H20N2O3. The number of nitrogens with one attached hydrogen (secondary N) is 1. The zero-order valence-electron chi connectivity index (χ0n) is 9.75. The largest absolute Gasteiger partial charge is 0.378 e. The Morgan fingerprint density at radius 1 is 1.50 bits per heavy atom. The van der Waals surface area contributed by atoms with Crippen molar-refractivity contribution in [1.29, 1.82) is 0 Å². The van der Waals surface area contributed by atoms with Crippen LogP contribution in [-0.2, 0) is 14.3 Å². The minimum absolute atomic E-state index is 0.0679. The molecule has 1 heterocycles. The van der Waals surface area contributed by atoms with Gasteiger partial charge in [0.15, 0.2) is 0 Å². The topological polar surface area (TPSA) is 73.6 Å². The lowest BCUT2D eigenvalue weighted by Gasteiger charge is -2.27. The molecule has 1 aliphatic heterocycles. The van der Waals surface area contributed by atoms with Crippen LogP contribution in [-0.4, -0.2) is 44.9 Å².